The molecule has 1 saturated carbocycles. The van der Waals surface area contributed by atoms with Crippen LogP contribution in [0.1, 0.15) is 87.9 Å². The monoisotopic (exact) mass is 1070 g/mol. The molecule has 2 amide bonds. The molecular formula is C55H64Cl3F2N5O8. The number of amides is 2. The molecule has 0 bridgehead atoms. The lowest BCUT2D eigenvalue weighted by Gasteiger charge is -2.63. The van der Waals surface area contributed by atoms with E-state index in [9.17, 15) is 20.1 Å². The normalized spacial score (nSPS) is 21.9. The highest BCUT2D eigenvalue weighted by atomic mass is 35.5. The first kappa shape index (κ1) is 57.2. The van der Waals surface area contributed by atoms with Gasteiger partial charge in [0.25, 0.3) is 5.91 Å². The van der Waals surface area contributed by atoms with E-state index < -0.39 is 51.8 Å². The Morgan fingerprint density at radius 1 is 0.753 bits per heavy atom. The van der Waals surface area contributed by atoms with Crippen molar-refractivity contribution >= 4 is 46.6 Å². The van der Waals surface area contributed by atoms with E-state index in [1.54, 1.807) is 48.5 Å². The van der Waals surface area contributed by atoms with Gasteiger partial charge in [0.15, 0.2) is 0 Å². The first-order chi connectivity index (χ1) is 34.6. The lowest BCUT2D eigenvalue weighted by molar-refractivity contribution is -0.164. The third-order valence-corrected chi connectivity index (χ3v) is 14.3. The second-order valence-corrected chi connectivity index (χ2v) is 21.9. The highest BCUT2D eigenvalue weighted by Crippen LogP contribution is 2.56. The molecule has 4 aromatic rings. The van der Waals surface area contributed by atoms with E-state index in [1.807, 2.05) is 20.8 Å². The fraction of sp³-hybridized carbons (Fsp3) is 0.491. The molecule has 2 aliphatic rings. The molecule has 4 atom stereocenters. The van der Waals surface area contributed by atoms with Crippen LogP contribution in [-0.2, 0) is 29.2 Å². The summed E-state index contributed by atoms with van der Waals surface area (Å²) in [5, 5.41) is 29.8. The molecule has 1 heterocycles. The molecule has 0 radical (unpaired) electrons. The van der Waals surface area contributed by atoms with Crippen LogP contribution in [-0.4, -0.2) is 102 Å². The van der Waals surface area contributed by atoms with Gasteiger partial charge in [0.2, 0.25) is 5.91 Å². The van der Waals surface area contributed by atoms with Crippen molar-refractivity contribution in [2.24, 2.45) is 16.2 Å². The van der Waals surface area contributed by atoms with Crippen molar-refractivity contribution in [2.45, 2.75) is 90.4 Å². The van der Waals surface area contributed by atoms with E-state index >= 15 is 8.78 Å². The smallest absolute Gasteiger partial charge is 0.251 e. The van der Waals surface area contributed by atoms with Gasteiger partial charge in [-0.15, -0.1) is 0 Å². The zero-order valence-corrected chi connectivity index (χ0v) is 44.5. The van der Waals surface area contributed by atoms with Gasteiger partial charge in [-0.1, -0.05) is 101 Å². The number of hydrogen-bond donors (Lipinski definition) is 3. The van der Waals surface area contributed by atoms with E-state index in [-0.39, 0.29) is 71.0 Å². The Balaban J connectivity index is 0.840. The molecule has 73 heavy (non-hydrogen) atoms. The molecule has 6 rings (SSSR count). The average Bonchev–Trinajstić information content (AvgIpc) is 3.65. The molecule has 1 aliphatic carbocycles. The molecular weight excluding hydrogens is 1000 g/mol. The molecule has 0 aromatic heterocycles. The van der Waals surface area contributed by atoms with Gasteiger partial charge in [0.1, 0.15) is 47.3 Å². The Morgan fingerprint density at radius 3 is 1.93 bits per heavy atom. The van der Waals surface area contributed by atoms with Crippen molar-refractivity contribution in [2.75, 3.05) is 66.0 Å². The van der Waals surface area contributed by atoms with Crippen LogP contribution in [0, 0.1) is 50.5 Å². The number of halogens is 5. The third kappa shape index (κ3) is 13.6. The average molecular weight is 1070 g/mol. The van der Waals surface area contributed by atoms with Crippen molar-refractivity contribution < 1.29 is 46.8 Å². The van der Waals surface area contributed by atoms with Gasteiger partial charge in [-0.25, -0.2) is 8.78 Å². The molecule has 0 unspecified atom stereocenters. The summed E-state index contributed by atoms with van der Waals surface area (Å²) in [5.74, 6) is -2.23. The zero-order valence-electron chi connectivity index (χ0n) is 42.2. The SMILES string of the molecule is CC(C)(C)C[C@@H]1N[C@@H](C(=O)NCCOCCOCCOCCOCCOc2ccc(C(=O)NC3C(C)(C)C(Oc4ccc(C#N)c(Cl)c4)C3(C)C)cc2)[C@H](c2cccc(Cl)c2F)[C@@]1(C#N)c1ccc(Cl)cc1F. The first-order valence-corrected chi connectivity index (χ1v) is 25.3. The summed E-state index contributed by atoms with van der Waals surface area (Å²) in [5.41, 5.74) is -1.98. The van der Waals surface area contributed by atoms with Crippen molar-refractivity contribution in [1.29, 1.82) is 10.5 Å². The number of carbonyl (C=O) groups excluding carboxylic acids is 2. The number of nitriles is 2. The van der Waals surface area contributed by atoms with Crippen molar-refractivity contribution in [3.05, 3.63) is 128 Å². The van der Waals surface area contributed by atoms with E-state index in [2.05, 4.69) is 55.8 Å². The van der Waals surface area contributed by atoms with Gasteiger partial charge in [-0.3, -0.25) is 9.59 Å². The first-order valence-electron chi connectivity index (χ1n) is 24.2. The highest BCUT2D eigenvalue weighted by Gasteiger charge is 2.64. The second kappa shape index (κ2) is 25.0. The molecule has 0 spiro atoms. The summed E-state index contributed by atoms with van der Waals surface area (Å²) in [4.78, 5) is 27.3. The molecule has 3 N–H and O–H groups in total. The minimum atomic E-state index is -1.72. The predicted molar refractivity (Wildman–Crippen MR) is 275 cm³/mol. The quantitative estimate of drug-likeness (QED) is 0.0570. The zero-order chi connectivity index (χ0) is 53.1. The van der Waals surface area contributed by atoms with Crippen LogP contribution in [0.4, 0.5) is 8.78 Å². The van der Waals surface area contributed by atoms with Gasteiger partial charge >= 0.3 is 0 Å². The van der Waals surface area contributed by atoms with Crippen molar-refractivity contribution in [1.82, 2.24) is 16.0 Å². The Bertz CT molecular complexity index is 2620. The number of nitrogens with one attached hydrogen (secondary N) is 3. The van der Waals surface area contributed by atoms with Gasteiger partial charge in [0, 0.05) is 57.6 Å². The summed E-state index contributed by atoms with van der Waals surface area (Å²) in [6, 6.07) is 22.7. The van der Waals surface area contributed by atoms with Crippen molar-refractivity contribution in [3.8, 4) is 23.6 Å². The number of nitrogens with zero attached hydrogens (tertiary/aromatic N) is 2. The fourth-order valence-electron chi connectivity index (χ4n) is 10.4. The Kier molecular flexibility index (Phi) is 19.6. The fourth-order valence-corrected chi connectivity index (χ4v) is 11.0. The van der Waals surface area contributed by atoms with E-state index in [0.29, 0.717) is 73.7 Å². The topological polar surface area (TPSA) is 173 Å². The van der Waals surface area contributed by atoms with E-state index in [0.717, 1.165) is 6.07 Å². The van der Waals surface area contributed by atoms with E-state index in [4.69, 9.17) is 63.2 Å². The maximum atomic E-state index is 15.9. The van der Waals surface area contributed by atoms with Crippen LogP contribution in [0.15, 0.2) is 78.9 Å². The minimum absolute atomic E-state index is 0.00462. The molecule has 1 saturated heterocycles. The van der Waals surface area contributed by atoms with Gasteiger partial charge < -0.3 is 44.4 Å². The lowest BCUT2D eigenvalue weighted by atomic mass is 9.49. The number of benzene rings is 4. The second-order valence-electron chi connectivity index (χ2n) is 20.6. The lowest BCUT2D eigenvalue weighted by Crippen LogP contribution is -2.74. The predicted octanol–water partition coefficient (Wildman–Crippen LogP) is 9.99. The van der Waals surface area contributed by atoms with Crippen molar-refractivity contribution in [3.63, 3.8) is 0 Å². The minimum Gasteiger partial charge on any atom is -0.491 e. The van der Waals surface area contributed by atoms with Crippen LogP contribution in [0.3, 0.4) is 0 Å². The molecule has 4 aromatic carbocycles. The van der Waals surface area contributed by atoms with Gasteiger partial charge in [-0.05, 0) is 72.0 Å². The number of rotatable bonds is 24. The maximum Gasteiger partial charge on any atom is 0.251 e. The van der Waals surface area contributed by atoms with Gasteiger partial charge in [0.05, 0.1) is 80.6 Å². The summed E-state index contributed by atoms with van der Waals surface area (Å²) in [6.45, 7) is 16.9. The summed E-state index contributed by atoms with van der Waals surface area (Å²) >= 11 is 18.6. The van der Waals surface area contributed by atoms with Crippen LogP contribution < -0.4 is 25.4 Å². The molecule has 1 aliphatic heterocycles. The summed E-state index contributed by atoms with van der Waals surface area (Å²) in [6.07, 6.45) is 0.137. The number of hydrogen-bond acceptors (Lipinski definition) is 11. The van der Waals surface area contributed by atoms with Crippen LogP contribution in [0.25, 0.3) is 0 Å². The Hall–Kier alpha value is -5.07. The number of ether oxygens (including phenoxy) is 6. The van der Waals surface area contributed by atoms with Crippen LogP contribution >= 0.6 is 34.8 Å². The highest BCUT2D eigenvalue weighted by molar-refractivity contribution is 6.32. The van der Waals surface area contributed by atoms with E-state index in [1.165, 1.54) is 24.3 Å². The molecule has 392 valence electrons. The Morgan fingerprint density at radius 2 is 1.36 bits per heavy atom. The molecule has 18 heteroatoms. The van der Waals surface area contributed by atoms with Crippen LogP contribution in [0.5, 0.6) is 11.5 Å². The van der Waals surface area contributed by atoms with Gasteiger partial charge in [-0.2, -0.15) is 10.5 Å². The number of carbonyl (C=O) groups is 2. The Labute approximate surface area is 442 Å². The third-order valence-electron chi connectivity index (χ3n) is 13.4. The maximum absolute atomic E-state index is 15.9. The molecule has 13 nitrogen and oxygen atoms in total. The summed E-state index contributed by atoms with van der Waals surface area (Å²) in [7, 11) is 0. The van der Waals surface area contributed by atoms with Crippen LogP contribution in [0.2, 0.25) is 15.1 Å². The summed E-state index contributed by atoms with van der Waals surface area (Å²) < 4.78 is 66.4. The molecule has 2 fully saturated rings. The largest absolute Gasteiger partial charge is 0.491 e. The standard InChI is InChI=1S/C55H64Cl3F2N5O8/c1-52(2,3)31-44-55(33-62,40-18-14-36(56)29-43(40)59)45(39-9-8-10-41(57)46(39)60)47(64-44)49(67)63-19-20-68-21-22-69-23-24-70-25-26-71-27-28-72-37-15-11-34(12-16-37)48(66)65-50-53(4,5)51(54(50,6)7)73-38-17-13-35(32-61)42(58)30-38/h8-18,29-30,44-45,47,50-51,64H,19-28,31H2,1-7H3,(H,63,67)(H,65,66)/t44-,45-,47+,50?,51?,55-/m0/s1.